The molecule has 0 aliphatic carbocycles. The average Bonchev–Trinajstić information content (AvgIpc) is 2.20. The molecule has 0 bridgehead atoms. The second kappa shape index (κ2) is 6.02. The third-order valence-electron chi connectivity index (χ3n) is 2.25. The molecule has 1 atom stereocenters. The van der Waals surface area contributed by atoms with E-state index in [0.29, 0.717) is 6.04 Å². The summed E-state index contributed by atoms with van der Waals surface area (Å²) in [6.07, 6.45) is 5.35. The van der Waals surface area contributed by atoms with Crippen LogP contribution in [0.25, 0.3) is 0 Å². The molecule has 0 radical (unpaired) electrons. The first-order valence-corrected chi connectivity index (χ1v) is 5.94. The fraction of sp³-hybridized carbons (Fsp3) is 0.545. The minimum atomic E-state index is 0.556. The van der Waals surface area contributed by atoms with Crippen molar-refractivity contribution in [3.8, 4) is 0 Å². The van der Waals surface area contributed by atoms with Crippen LogP contribution < -0.4 is 5.32 Å². The van der Waals surface area contributed by atoms with Gasteiger partial charge in [-0.05, 0) is 40.9 Å². The van der Waals surface area contributed by atoms with E-state index in [1.54, 1.807) is 6.20 Å². The van der Waals surface area contributed by atoms with Crippen molar-refractivity contribution >= 4 is 21.6 Å². The second-order valence-electron chi connectivity index (χ2n) is 3.38. The topological polar surface area (TPSA) is 24.9 Å². The molecular weight excluding hydrogens is 240 g/mol. The van der Waals surface area contributed by atoms with Crippen LogP contribution in [0.2, 0.25) is 0 Å². The van der Waals surface area contributed by atoms with E-state index in [4.69, 9.17) is 0 Å². The highest BCUT2D eigenvalue weighted by Crippen LogP contribution is 2.20. The molecule has 1 heterocycles. The molecule has 0 aromatic carbocycles. The summed E-state index contributed by atoms with van der Waals surface area (Å²) in [5.74, 6) is 0. The zero-order valence-corrected chi connectivity index (χ0v) is 10.3. The monoisotopic (exact) mass is 256 g/mol. The van der Waals surface area contributed by atoms with E-state index in [9.17, 15) is 0 Å². The van der Waals surface area contributed by atoms with Gasteiger partial charge in [0.15, 0.2) is 0 Å². The Balaban J connectivity index is 2.62. The number of hydrogen-bond acceptors (Lipinski definition) is 2. The van der Waals surface area contributed by atoms with E-state index in [0.717, 1.165) is 16.7 Å². The van der Waals surface area contributed by atoms with Crippen molar-refractivity contribution in [2.45, 2.75) is 39.2 Å². The molecule has 1 rings (SSSR count). The number of pyridine rings is 1. The first-order chi connectivity index (χ1) is 6.77. The van der Waals surface area contributed by atoms with Crippen molar-refractivity contribution in [1.82, 2.24) is 4.98 Å². The van der Waals surface area contributed by atoms with Crippen LogP contribution >= 0.6 is 15.9 Å². The van der Waals surface area contributed by atoms with Crippen LogP contribution in [0.5, 0.6) is 0 Å². The maximum atomic E-state index is 4.18. The van der Waals surface area contributed by atoms with E-state index in [1.807, 2.05) is 6.07 Å². The number of nitrogens with zero attached hydrogens (tertiary/aromatic N) is 1. The summed E-state index contributed by atoms with van der Waals surface area (Å²) in [6, 6.07) is 4.56. The Bertz CT molecular complexity index is 276. The summed E-state index contributed by atoms with van der Waals surface area (Å²) >= 11 is 3.43. The van der Waals surface area contributed by atoms with Crippen LogP contribution in [-0.2, 0) is 0 Å². The normalized spacial score (nSPS) is 12.5. The van der Waals surface area contributed by atoms with Crippen LogP contribution in [0, 0.1) is 0 Å². The van der Waals surface area contributed by atoms with E-state index >= 15 is 0 Å². The Morgan fingerprint density at radius 1 is 1.50 bits per heavy atom. The summed E-state index contributed by atoms with van der Waals surface area (Å²) in [5.41, 5.74) is 1.09. The van der Waals surface area contributed by atoms with Crippen molar-refractivity contribution in [3.05, 3.63) is 22.9 Å². The Hall–Kier alpha value is -0.570. The molecule has 0 saturated carbocycles. The van der Waals surface area contributed by atoms with Crippen molar-refractivity contribution in [3.63, 3.8) is 0 Å². The fourth-order valence-corrected chi connectivity index (χ4v) is 1.81. The maximum absolute atomic E-state index is 4.18. The molecule has 3 heteroatoms. The zero-order valence-electron chi connectivity index (χ0n) is 8.76. The van der Waals surface area contributed by atoms with Gasteiger partial charge in [-0.15, -0.1) is 0 Å². The Kier molecular flexibility index (Phi) is 4.94. The molecular formula is C11H17BrN2. The lowest BCUT2D eigenvalue weighted by atomic mass is 10.1. The summed E-state index contributed by atoms with van der Waals surface area (Å²) in [6.45, 7) is 4.42. The highest BCUT2D eigenvalue weighted by molar-refractivity contribution is 9.10. The lowest BCUT2D eigenvalue weighted by Gasteiger charge is -2.17. The fourth-order valence-electron chi connectivity index (χ4n) is 1.44. The quantitative estimate of drug-likeness (QED) is 0.811. The zero-order chi connectivity index (χ0) is 10.4. The lowest BCUT2D eigenvalue weighted by molar-refractivity contribution is 0.622. The van der Waals surface area contributed by atoms with E-state index in [2.05, 4.69) is 46.1 Å². The van der Waals surface area contributed by atoms with Gasteiger partial charge in [-0.25, -0.2) is 4.98 Å². The van der Waals surface area contributed by atoms with Crippen molar-refractivity contribution < 1.29 is 0 Å². The van der Waals surface area contributed by atoms with E-state index in [-0.39, 0.29) is 0 Å². The molecule has 1 N–H and O–H groups in total. The number of rotatable bonds is 5. The smallest absolute Gasteiger partial charge is 0.129 e. The molecule has 1 unspecified atom stereocenters. The molecule has 1 aromatic heterocycles. The van der Waals surface area contributed by atoms with Gasteiger partial charge in [-0.3, -0.25) is 0 Å². The number of anilines is 1. The third-order valence-corrected chi connectivity index (χ3v) is 2.88. The predicted molar refractivity (Wildman–Crippen MR) is 64.5 cm³/mol. The van der Waals surface area contributed by atoms with Crippen molar-refractivity contribution in [2.24, 2.45) is 0 Å². The lowest BCUT2D eigenvalue weighted by Crippen LogP contribution is -2.18. The number of nitrogens with one attached hydrogen (secondary N) is 1. The molecule has 2 nitrogen and oxygen atoms in total. The molecule has 0 saturated heterocycles. The van der Waals surface area contributed by atoms with Gasteiger partial charge in [0.05, 0.1) is 5.69 Å². The third kappa shape index (κ3) is 3.29. The number of halogens is 1. The average molecular weight is 257 g/mol. The Morgan fingerprint density at radius 3 is 2.86 bits per heavy atom. The molecule has 78 valence electrons. The van der Waals surface area contributed by atoms with Crippen molar-refractivity contribution in [2.75, 3.05) is 5.32 Å². The van der Waals surface area contributed by atoms with Gasteiger partial charge < -0.3 is 5.32 Å². The molecule has 0 fully saturated rings. The van der Waals surface area contributed by atoms with Crippen LogP contribution in [-0.4, -0.2) is 11.0 Å². The Morgan fingerprint density at radius 2 is 2.29 bits per heavy atom. The SMILES string of the molecule is CCCC(CC)Nc1cccnc1Br. The van der Waals surface area contributed by atoms with Gasteiger partial charge in [0, 0.05) is 12.2 Å². The minimum Gasteiger partial charge on any atom is -0.380 e. The molecule has 0 aliphatic heterocycles. The summed E-state index contributed by atoms with van der Waals surface area (Å²) in [7, 11) is 0. The van der Waals surface area contributed by atoms with Crippen LogP contribution in [0.3, 0.4) is 0 Å². The first kappa shape index (κ1) is 11.5. The maximum Gasteiger partial charge on any atom is 0.129 e. The predicted octanol–water partition coefficient (Wildman–Crippen LogP) is 3.83. The second-order valence-corrected chi connectivity index (χ2v) is 4.13. The van der Waals surface area contributed by atoms with Gasteiger partial charge in [0.1, 0.15) is 4.60 Å². The first-order valence-electron chi connectivity index (χ1n) is 5.15. The highest BCUT2D eigenvalue weighted by atomic mass is 79.9. The van der Waals surface area contributed by atoms with Crippen LogP contribution in [0.4, 0.5) is 5.69 Å². The summed E-state index contributed by atoms with van der Waals surface area (Å²) < 4.78 is 0.898. The summed E-state index contributed by atoms with van der Waals surface area (Å²) in [4.78, 5) is 4.18. The molecule has 14 heavy (non-hydrogen) atoms. The van der Waals surface area contributed by atoms with Gasteiger partial charge in [0.25, 0.3) is 0 Å². The number of hydrogen-bond donors (Lipinski definition) is 1. The Labute approximate surface area is 94.3 Å². The highest BCUT2D eigenvalue weighted by Gasteiger charge is 2.06. The molecule has 0 aliphatic rings. The van der Waals surface area contributed by atoms with Crippen LogP contribution in [0.1, 0.15) is 33.1 Å². The summed E-state index contributed by atoms with van der Waals surface area (Å²) in [5, 5.41) is 3.49. The molecule has 0 amide bonds. The van der Waals surface area contributed by atoms with Gasteiger partial charge in [0.2, 0.25) is 0 Å². The standard InChI is InChI=1S/C11H17BrN2/c1-3-6-9(4-2)14-10-7-5-8-13-11(10)12/h5,7-9,14H,3-4,6H2,1-2H3. The van der Waals surface area contributed by atoms with E-state index in [1.165, 1.54) is 12.8 Å². The number of aromatic nitrogens is 1. The van der Waals surface area contributed by atoms with Gasteiger partial charge in [-0.1, -0.05) is 20.3 Å². The largest absolute Gasteiger partial charge is 0.380 e. The minimum absolute atomic E-state index is 0.556. The van der Waals surface area contributed by atoms with Crippen molar-refractivity contribution in [1.29, 1.82) is 0 Å². The molecule has 1 aromatic rings. The molecule has 0 spiro atoms. The van der Waals surface area contributed by atoms with Crippen LogP contribution in [0.15, 0.2) is 22.9 Å². The van der Waals surface area contributed by atoms with E-state index < -0.39 is 0 Å². The van der Waals surface area contributed by atoms with Gasteiger partial charge in [-0.2, -0.15) is 0 Å². The van der Waals surface area contributed by atoms with Gasteiger partial charge >= 0.3 is 0 Å².